The zero-order chi connectivity index (χ0) is 18.1. The number of hydrogen-bond donors (Lipinski definition) is 2. The quantitative estimate of drug-likeness (QED) is 0.660. The number of anilines is 2. The van der Waals surface area contributed by atoms with Gasteiger partial charge in [0, 0.05) is 23.2 Å². The number of pyridine rings is 1. The van der Waals surface area contributed by atoms with Gasteiger partial charge in [0.2, 0.25) is 11.8 Å². The molecular formula is C18H20ClN3O2S. The van der Waals surface area contributed by atoms with E-state index in [9.17, 15) is 9.59 Å². The van der Waals surface area contributed by atoms with Crippen LogP contribution >= 0.6 is 23.4 Å². The van der Waals surface area contributed by atoms with Gasteiger partial charge < -0.3 is 10.6 Å². The minimum absolute atomic E-state index is 0.0251. The molecule has 0 atom stereocenters. The third kappa shape index (κ3) is 7.15. The molecule has 2 rings (SSSR count). The standard InChI is InChI=1S/C18H20ClN3O2S/c1-2-3-4-17(23)21-14-6-8-15(9-7-14)25-12-18(24)22-16-10-5-13(19)11-20-16/h5-11H,2-4,12H2,1H3,(H,21,23)(H,20,22,24). The first-order valence-electron chi connectivity index (χ1n) is 8.01. The molecule has 0 spiro atoms. The van der Waals surface area contributed by atoms with Gasteiger partial charge in [0.1, 0.15) is 5.82 Å². The van der Waals surface area contributed by atoms with Crippen molar-refractivity contribution in [3.8, 4) is 0 Å². The van der Waals surface area contributed by atoms with E-state index >= 15 is 0 Å². The third-order valence-electron chi connectivity index (χ3n) is 3.26. The fourth-order valence-electron chi connectivity index (χ4n) is 1.97. The largest absolute Gasteiger partial charge is 0.326 e. The Balaban J connectivity index is 1.77. The van der Waals surface area contributed by atoms with E-state index in [1.165, 1.54) is 18.0 Å². The van der Waals surface area contributed by atoms with Crippen LogP contribution in [0.3, 0.4) is 0 Å². The van der Waals surface area contributed by atoms with Crippen LogP contribution in [0.2, 0.25) is 5.02 Å². The van der Waals surface area contributed by atoms with E-state index in [0.29, 0.717) is 17.3 Å². The Kier molecular flexibility index (Phi) is 7.76. The molecule has 2 amide bonds. The van der Waals surface area contributed by atoms with Crippen LogP contribution < -0.4 is 10.6 Å². The van der Waals surface area contributed by atoms with Crippen LogP contribution in [0.1, 0.15) is 26.2 Å². The SMILES string of the molecule is CCCCC(=O)Nc1ccc(SCC(=O)Nc2ccc(Cl)cn2)cc1. The summed E-state index contributed by atoms with van der Waals surface area (Å²) in [6.45, 7) is 2.05. The van der Waals surface area contributed by atoms with Gasteiger partial charge in [-0.15, -0.1) is 11.8 Å². The second-order valence-electron chi connectivity index (χ2n) is 5.37. The Labute approximate surface area is 156 Å². The van der Waals surface area contributed by atoms with Crippen LogP contribution in [0.4, 0.5) is 11.5 Å². The molecule has 25 heavy (non-hydrogen) atoms. The molecule has 0 saturated heterocycles. The van der Waals surface area contributed by atoms with Crippen molar-refractivity contribution in [2.45, 2.75) is 31.1 Å². The number of nitrogens with one attached hydrogen (secondary N) is 2. The lowest BCUT2D eigenvalue weighted by Gasteiger charge is -2.07. The van der Waals surface area contributed by atoms with Crippen molar-refractivity contribution in [1.29, 1.82) is 0 Å². The van der Waals surface area contributed by atoms with Crippen LogP contribution in [-0.2, 0) is 9.59 Å². The maximum atomic E-state index is 11.9. The summed E-state index contributed by atoms with van der Waals surface area (Å²) >= 11 is 7.17. The zero-order valence-corrected chi connectivity index (χ0v) is 15.5. The van der Waals surface area contributed by atoms with E-state index in [4.69, 9.17) is 11.6 Å². The average Bonchev–Trinajstić information content (AvgIpc) is 2.61. The molecule has 0 unspecified atom stereocenters. The summed E-state index contributed by atoms with van der Waals surface area (Å²) in [6.07, 6.45) is 3.90. The third-order valence-corrected chi connectivity index (χ3v) is 4.50. The molecule has 0 aliphatic heterocycles. The van der Waals surface area contributed by atoms with Crippen LogP contribution in [0.15, 0.2) is 47.5 Å². The van der Waals surface area contributed by atoms with E-state index < -0.39 is 0 Å². The van der Waals surface area contributed by atoms with E-state index in [1.54, 1.807) is 12.1 Å². The zero-order valence-electron chi connectivity index (χ0n) is 13.9. The Morgan fingerprint density at radius 3 is 2.48 bits per heavy atom. The normalized spacial score (nSPS) is 10.3. The number of unbranched alkanes of at least 4 members (excludes halogenated alkanes) is 1. The first-order chi connectivity index (χ1) is 12.1. The van der Waals surface area contributed by atoms with Gasteiger partial charge in [0.05, 0.1) is 10.8 Å². The molecule has 0 aliphatic rings. The maximum Gasteiger partial charge on any atom is 0.235 e. The number of carbonyl (C=O) groups excluding carboxylic acids is 2. The number of hydrogen-bond acceptors (Lipinski definition) is 4. The minimum atomic E-state index is -0.142. The molecule has 2 aromatic rings. The van der Waals surface area contributed by atoms with E-state index in [2.05, 4.69) is 22.5 Å². The maximum absolute atomic E-state index is 11.9. The van der Waals surface area contributed by atoms with Gasteiger partial charge in [-0.05, 0) is 42.8 Å². The van der Waals surface area contributed by atoms with E-state index in [-0.39, 0.29) is 17.6 Å². The molecule has 1 heterocycles. The molecule has 7 heteroatoms. The van der Waals surface area contributed by atoms with Gasteiger partial charge in [-0.3, -0.25) is 9.59 Å². The van der Waals surface area contributed by atoms with Crippen molar-refractivity contribution in [2.75, 3.05) is 16.4 Å². The molecule has 1 aromatic carbocycles. The van der Waals surface area contributed by atoms with Crippen LogP contribution in [0.25, 0.3) is 0 Å². The number of thioether (sulfide) groups is 1. The molecule has 5 nitrogen and oxygen atoms in total. The molecular weight excluding hydrogens is 358 g/mol. The van der Waals surface area contributed by atoms with Gasteiger partial charge in [-0.2, -0.15) is 0 Å². The highest BCUT2D eigenvalue weighted by molar-refractivity contribution is 8.00. The van der Waals surface area contributed by atoms with Crippen LogP contribution in [0, 0.1) is 0 Å². The smallest absolute Gasteiger partial charge is 0.235 e. The van der Waals surface area contributed by atoms with Crippen LogP contribution in [-0.4, -0.2) is 22.6 Å². The van der Waals surface area contributed by atoms with Crippen molar-refractivity contribution in [2.24, 2.45) is 0 Å². The Morgan fingerprint density at radius 2 is 1.84 bits per heavy atom. The van der Waals surface area contributed by atoms with Crippen molar-refractivity contribution < 1.29 is 9.59 Å². The van der Waals surface area contributed by atoms with E-state index in [1.807, 2.05) is 24.3 Å². The number of nitrogens with zero attached hydrogens (tertiary/aromatic N) is 1. The monoisotopic (exact) mass is 377 g/mol. The first-order valence-corrected chi connectivity index (χ1v) is 9.37. The summed E-state index contributed by atoms with van der Waals surface area (Å²) in [7, 11) is 0. The molecule has 0 bridgehead atoms. The molecule has 0 fully saturated rings. The Hall–Kier alpha value is -2.05. The summed E-state index contributed by atoms with van der Waals surface area (Å²) in [5, 5.41) is 6.09. The van der Waals surface area contributed by atoms with Gasteiger partial charge >= 0.3 is 0 Å². The van der Waals surface area contributed by atoms with Crippen molar-refractivity contribution in [1.82, 2.24) is 4.98 Å². The fourth-order valence-corrected chi connectivity index (χ4v) is 2.78. The molecule has 1 aromatic heterocycles. The second-order valence-corrected chi connectivity index (χ2v) is 6.86. The molecule has 0 saturated carbocycles. The highest BCUT2D eigenvalue weighted by Gasteiger charge is 2.06. The summed E-state index contributed by atoms with van der Waals surface area (Å²) in [4.78, 5) is 28.6. The Morgan fingerprint density at radius 1 is 1.08 bits per heavy atom. The summed E-state index contributed by atoms with van der Waals surface area (Å²) in [5.74, 6) is 0.626. The summed E-state index contributed by atoms with van der Waals surface area (Å²) in [5.41, 5.74) is 0.764. The first kappa shape index (κ1) is 19.3. The predicted molar refractivity (Wildman–Crippen MR) is 103 cm³/mol. The molecule has 132 valence electrons. The van der Waals surface area contributed by atoms with Crippen LogP contribution in [0.5, 0.6) is 0 Å². The molecule has 2 N–H and O–H groups in total. The molecule has 0 radical (unpaired) electrons. The molecule has 0 aliphatic carbocycles. The number of aromatic nitrogens is 1. The van der Waals surface area contributed by atoms with Gasteiger partial charge in [0.25, 0.3) is 0 Å². The lowest BCUT2D eigenvalue weighted by molar-refractivity contribution is -0.116. The number of rotatable bonds is 8. The number of halogens is 1. The average molecular weight is 378 g/mol. The number of carbonyl (C=O) groups is 2. The summed E-state index contributed by atoms with van der Waals surface area (Å²) < 4.78 is 0. The topological polar surface area (TPSA) is 71.1 Å². The highest BCUT2D eigenvalue weighted by atomic mass is 35.5. The second kappa shape index (κ2) is 10.1. The van der Waals surface area contributed by atoms with Crippen molar-refractivity contribution in [3.05, 3.63) is 47.6 Å². The lowest BCUT2D eigenvalue weighted by Crippen LogP contribution is -2.14. The summed E-state index contributed by atoms with van der Waals surface area (Å²) in [6, 6.07) is 10.8. The number of benzene rings is 1. The number of amides is 2. The minimum Gasteiger partial charge on any atom is -0.326 e. The Bertz CT molecular complexity index is 705. The van der Waals surface area contributed by atoms with Crippen molar-refractivity contribution >= 4 is 46.7 Å². The van der Waals surface area contributed by atoms with Gasteiger partial charge in [0.15, 0.2) is 0 Å². The van der Waals surface area contributed by atoms with Crippen molar-refractivity contribution in [3.63, 3.8) is 0 Å². The van der Waals surface area contributed by atoms with Gasteiger partial charge in [-0.1, -0.05) is 24.9 Å². The highest BCUT2D eigenvalue weighted by Crippen LogP contribution is 2.21. The predicted octanol–water partition coefficient (Wildman–Crippen LogP) is 4.59. The van der Waals surface area contributed by atoms with Gasteiger partial charge in [-0.25, -0.2) is 4.98 Å². The fraction of sp³-hybridized carbons (Fsp3) is 0.278. The lowest BCUT2D eigenvalue weighted by atomic mass is 10.2. The van der Waals surface area contributed by atoms with E-state index in [0.717, 1.165) is 23.4 Å².